The quantitative estimate of drug-likeness (QED) is 0.832. The van der Waals surface area contributed by atoms with E-state index in [4.69, 9.17) is 0 Å². The molecule has 0 fully saturated rings. The fraction of sp³-hybridized carbons (Fsp3) is 0.750. The number of nitrogens with zero attached hydrogens (tertiary/aromatic N) is 2. The van der Waals surface area contributed by atoms with Crippen molar-refractivity contribution in [2.75, 3.05) is 0 Å². The minimum atomic E-state index is -0.629. The summed E-state index contributed by atoms with van der Waals surface area (Å²) in [4.78, 5) is 4.44. The van der Waals surface area contributed by atoms with Crippen LogP contribution in [0, 0.1) is 20.8 Å². The van der Waals surface area contributed by atoms with E-state index in [1.807, 2.05) is 27.7 Å². The first-order chi connectivity index (χ1) is 6.72. The number of hydrogen-bond donors (Lipinski definition) is 1. The molecule has 3 heteroatoms. The van der Waals surface area contributed by atoms with Gasteiger partial charge < -0.3 is 9.67 Å². The highest BCUT2D eigenvalue weighted by Gasteiger charge is 2.21. The molecule has 1 aromatic rings. The molecule has 1 aromatic heterocycles. The minimum absolute atomic E-state index is 0.284. The Bertz CT molecular complexity index is 347. The summed E-state index contributed by atoms with van der Waals surface area (Å²) in [7, 11) is 0. The number of aliphatic hydroxyl groups is 1. The van der Waals surface area contributed by atoms with Crippen LogP contribution in [0.5, 0.6) is 0 Å². The maximum absolute atomic E-state index is 9.80. The standard InChI is InChI=1S/C12H22N2O/c1-8(7-12(5,6)15)14-10(3)9(2)13-11(14)4/h8,15H,7H2,1-6H3. The Morgan fingerprint density at radius 3 is 2.20 bits per heavy atom. The van der Waals surface area contributed by atoms with Crippen molar-refractivity contribution in [2.45, 2.75) is 59.6 Å². The van der Waals surface area contributed by atoms with E-state index in [0.717, 1.165) is 17.9 Å². The van der Waals surface area contributed by atoms with Crippen LogP contribution >= 0.6 is 0 Å². The lowest BCUT2D eigenvalue weighted by Crippen LogP contribution is -2.24. The first-order valence-electron chi connectivity index (χ1n) is 5.47. The molecule has 1 unspecified atom stereocenters. The maximum Gasteiger partial charge on any atom is 0.106 e. The third kappa shape index (κ3) is 2.81. The molecule has 0 radical (unpaired) electrons. The van der Waals surface area contributed by atoms with Crippen molar-refractivity contribution in [3.05, 3.63) is 17.2 Å². The first kappa shape index (κ1) is 12.2. The topological polar surface area (TPSA) is 38.0 Å². The van der Waals surface area contributed by atoms with Crippen LogP contribution in [-0.4, -0.2) is 20.3 Å². The fourth-order valence-corrected chi connectivity index (χ4v) is 2.26. The second-order valence-corrected chi connectivity index (χ2v) is 5.07. The number of hydrogen-bond acceptors (Lipinski definition) is 2. The normalized spacial score (nSPS) is 14.3. The Balaban J connectivity index is 2.96. The monoisotopic (exact) mass is 210 g/mol. The third-order valence-electron chi connectivity index (χ3n) is 2.80. The minimum Gasteiger partial charge on any atom is -0.390 e. The molecule has 0 aliphatic heterocycles. The lowest BCUT2D eigenvalue weighted by molar-refractivity contribution is 0.0564. The van der Waals surface area contributed by atoms with Gasteiger partial charge in [0.2, 0.25) is 0 Å². The van der Waals surface area contributed by atoms with E-state index in [2.05, 4.69) is 23.4 Å². The van der Waals surface area contributed by atoms with E-state index < -0.39 is 5.60 Å². The molecule has 0 saturated heterocycles. The van der Waals surface area contributed by atoms with E-state index >= 15 is 0 Å². The Labute approximate surface area is 92.1 Å². The molecule has 3 nitrogen and oxygen atoms in total. The summed E-state index contributed by atoms with van der Waals surface area (Å²) in [6.45, 7) is 11.9. The van der Waals surface area contributed by atoms with Crippen LogP contribution in [0.3, 0.4) is 0 Å². The highest BCUT2D eigenvalue weighted by Crippen LogP contribution is 2.24. The second kappa shape index (κ2) is 3.97. The lowest BCUT2D eigenvalue weighted by atomic mass is 10.00. The van der Waals surface area contributed by atoms with Gasteiger partial charge in [0, 0.05) is 11.7 Å². The van der Waals surface area contributed by atoms with E-state index in [1.165, 1.54) is 5.69 Å². The SMILES string of the molecule is Cc1nc(C)n(C(C)CC(C)(C)O)c1C. The van der Waals surface area contributed by atoms with Gasteiger partial charge in [0.05, 0.1) is 11.3 Å². The molecule has 1 rings (SSSR count). The third-order valence-corrected chi connectivity index (χ3v) is 2.80. The molecule has 1 atom stereocenters. The molecule has 0 aliphatic rings. The van der Waals surface area contributed by atoms with Gasteiger partial charge in [-0.3, -0.25) is 0 Å². The van der Waals surface area contributed by atoms with Crippen molar-refractivity contribution in [1.29, 1.82) is 0 Å². The first-order valence-corrected chi connectivity index (χ1v) is 5.47. The van der Waals surface area contributed by atoms with Crippen LogP contribution in [0.1, 0.15) is 50.4 Å². The summed E-state index contributed by atoms with van der Waals surface area (Å²) >= 11 is 0. The summed E-state index contributed by atoms with van der Waals surface area (Å²) < 4.78 is 2.20. The van der Waals surface area contributed by atoms with Gasteiger partial charge in [0.25, 0.3) is 0 Å². The molecule has 1 heterocycles. The van der Waals surface area contributed by atoms with Gasteiger partial charge in [-0.25, -0.2) is 4.98 Å². The lowest BCUT2D eigenvalue weighted by Gasteiger charge is -2.25. The summed E-state index contributed by atoms with van der Waals surface area (Å²) in [6.07, 6.45) is 0.741. The predicted octanol–water partition coefficient (Wildman–Crippen LogP) is 2.53. The molecule has 1 N–H and O–H groups in total. The smallest absolute Gasteiger partial charge is 0.106 e. The average Bonchev–Trinajstić information content (AvgIpc) is 2.22. The fourth-order valence-electron chi connectivity index (χ4n) is 2.26. The molecule has 15 heavy (non-hydrogen) atoms. The molecule has 0 spiro atoms. The Morgan fingerprint density at radius 2 is 1.87 bits per heavy atom. The molecular weight excluding hydrogens is 188 g/mol. The van der Waals surface area contributed by atoms with Crippen molar-refractivity contribution in [3.8, 4) is 0 Å². The van der Waals surface area contributed by atoms with E-state index in [-0.39, 0.29) is 6.04 Å². The van der Waals surface area contributed by atoms with E-state index in [0.29, 0.717) is 0 Å². The van der Waals surface area contributed by atoms with Crippen LogP contribution in [0.15, 0.2) is 0 Å². The number of imidazole rings is 1. The molecule has 86 valence electrons. The number of aryl methyl sites for hydroxylation is 2. The largest absolute Gasteiger partial charge is 0.390 e. The molecule has 0 saturated carbocycles. The average molecular weight is 210 g/mol. The van der Waals surface area contributed by atoms with Crippen LogP contribution in [-0.2, 0) is 0 Å². The van der Waals surface area contributed by atoms with Gasteiger partial charge in [-0.05, 0) is 48.0 Å². The van der Waals surface area contributed by atoms with Gasteiger partial charge in [-0.1, -0.05) is 0 Å². The van der Waals surface area contributed by atoms with Gasteiger partial charge >= 0.3 is 0 Å². The van der Waals surface area contributed by atoms with Crippen molar-refractivity contribution in [2.24, 2.45) is 0 Å². The van der Waals surface area contributed by atoms with Crippen LogP contribution in [0.25, 0.3) is 0 Å². The summed E-state index contributed by atoms with van der Waals surface area (Å²) in [5.41, 5.74) is 1.65. The molecular formula is C12H22N2O. The zero-order chi connectivity index (χ0) is 11.8. The van der Waals surface area contributed by atoms with E-state index in [9.17, 15) is 5.11 Å². The van der Waals surface area contributed by atoms with Crippen LogP contribution in [0.2, 0.25) is 0 Å². The predicted molar refractivity (Wildman–Crippen MR) is 62.1 cm³/mol. The Kier molecular flexibility index (Phi) is 3.24. The zero-order valence-electron chi connectivity index (χ0n) is 10.6. The Hall–Kier alpha value is -0.830. The van der Waals surface area contributed by atoms with Crippen molar-refractivity contribution < 1.29 is 5.11 Å². The van der Waals surface area contributed by atoms with Gasteiger partial charge in [0.1, 0.15) is 5.82 Å². The van der Waals surface area contributed by atoms with E-state index in [1.54, 1.807) is 0 Å². The molecule has 0 bridgehead atoms. The second-order valence-electron chi connectivity index (χ2n) is 5.07. The molecule has 0 amide bonds. The highest BCUT2D eigenvalue weighted by molar-refractivity contribution is 5.14. The Morgan fingerprint density at radius 1 is 1.33 bits per heavy atom. The summed E-state index contributed by atoms with van der Waals surface area (Å²) in [6, 6.07) is 0.284. The highest BCUT2D eigenvalue weighted by atomic mass is 16.3. The van der Waals surface area contributed by atoms with Gasteiger partial charge in [-0.15, -0.1) is 0 Å². The van der Waals surface area contributed by atoms with Gasteiger partial charge in [0.15, 0.2) is 0 Å². The van der Waals surface area contributed by atoms with Gasteiger partial charge in [-0.2, -0.15) is 0 Å². The number of aromatic nitrogens is 2. The zero-order valence-corrected chi connectivity index (χ0v) is 10.6. The van der Waals surface area contributed by atoms with Crippen LogP contribution in [0.4, 0.5) is 0 Å². The van der Waals surface area contributed by atoms with Crippen LogP contribution < -0.4 is 0 Å². The van der Waals surface area contributed by atoms with Crippen molar-refractivity contribution in [1.82, 2.24) is 9.55 Å². The molecule has 0 aromatic carbocycles. The maximum atomic E-state index is 9.80. The summed E-state index contributed by atoms with van der Waals surface area (Å²) in [5, 5.41) is 9.80. The summed E-state index contributed by atoms with van der Waals surface area (Å²) in [5.74, 6) is 1.03. The van der Waals surface area contributed by atoms with Crippen molar-refractivity contribution >= 4 is 0 Å². The number of rotatable bonds is 3. The van der Waals surface area contributed by atoms with Crippen molar-refractivity contribution in [3.63, 3.8) is 0 Å². The molecule has 0 aliphatic carbocycles.